The van der Waals surface area contributed by atoms with Crippen LogP contribution in [0.2, 0.25) is 0 Å². The predicted octanol–water partition coefficient (Wildman–Crippen LogP) is 2.33. The average Bonchev–Trinajstić information content (AvgIpc) is 2.99. The van der Waals surface area contributed by atoms with Crippen LogP contribution in [0.3, 0.4) is 0 Å². The Morgan fingerprint density at radius 1 is 1.24 bits per heavy atom. The molecule has 0 saturated heterocycles. The van der Waals surface area contributed by atoms with Crippen LogP contribution >= 0.6 is 11.3 Å². The molecule has 0 radical (unpaired) electrons. The van der Waals surface area contributed by atoms with Crippen LogP contribution in [-0.2, 0) is 18.0 Å². The summed E-state index contributed by atoms with van der Waals surface area (Å²) in [5.41, 5.74) is 6.64. The minimum atomic E-state index is 0.0703. The normalized spacial score (nSPS) is 15.8. The van der Waals surface area contributed by atoms with Crippen LogP contribution in [0.4, 0.5) is 0 Å². The van der Waals surface area contributed by atoms with E-state index in [0.29, 0.717) is 6.61 Å². The number of thiophene rings is 1. The van der Waals surface area contributed by atoms with Crippen molar-refractivity contribution in [3.8, 4) is 0 Å². The van der Waals surface area contributed by atoms with Crippen LogP contribution in [0.15, 0.2) is 35.7 Å². The lowest BCUT2D eigenvalue weighted by molar-refractivity contribution is 0.134. The maximum Gasteiger partial charge on any atom is 0.0802 e. The molecule has 1 aliphatic heterocycles. The van der Waals surface area contributed by atoms with Crippen LogP contribution in [0.25, 0.3) is 0 Å². The zero-order valence-corrected chi connectivity index (χ0v) is 10.2. The molecule has 4 heteroatoms. The third-order valence-electron chi connectivity index (χ3n) is 3.07. The van der Waals surface area contributed by atoms with E-state index in [1.54, 1.807) is 11.3 Å². The minimum Gasteiger partial charge on any atom is -0.372 e. The van der Waals surface area contributed by atoms with Gasteiger partial charge in [-0.3, -0.25) is 5.84 Å². The summed E-state index contributed by atoms with van der Waals surface area (Å²) in [6, 6.07) is 10.7. The number of fused-ring (bicyclic) bond motifs is 1. The highest BCUT2D eigenvalue weighted by Gasteiger charge is 2.17. The number of hydrogen-bond acceptors (Lipinski definition) is 4. The van der Waals surface area contributed by atoms with E-state index in [1.807, 2.05) is 6.07 Å². The van der Waals surface area contributed by atoms with Gasteiger partial charge in [-0.2, -0.15) is 0 Å². The van der Waals surface area contributed by atoms with Crippen molar-refractivity contribution in [3.05, 3.63) is 57.3 Å². The lowest BCUT2D eigenvalue weighted by Crippen LogP contribution is -2.28. The van der Waals surface area contributed by atoms with Crippen molar-refractivity contribution < 1.29 is 4.74 Å². The van der Waals surface area contributed by atoms with Gasteiger partial charge >= 0.3 is 0 Å². The van der Waals surface area contributed by atoms with Crippen LogP contribution in [0.1, 0.15) is 27.6 Å². The van der Waals surface area contributed by atoms with Gasteiger partial charge in [-0.1, -0.05) is 24.3 Å². The van der Waals surface area contributed by atoms with Crippen molar-refractivity contribution in [3.63, 3.8) is 0 Å². The van der Waals surface area contributed by atoms with E-state index in [-0.39, 0.29) is 6.04 Å². The molecule has 0 spiro atoms. The summed E-state index contributed by atoms with van der Waals surface area (Å²) in [7, 11) is 0. The Morgan fingerprint density at radius 3 is 2.88 bits per heavy atom. The molecule has 1 aliphatic rings. The molecule has 2 heterocycles. The molecule has 17 heavy (non-hydrogen) atoms. The average molecular weight is 246 g/mol. The van der Waals surface area contributed by atoms with E-state index < -0.39 is 0 Å². The van der Waals surface area contributed by atoms with Crippen LogP contribution in [-0.4, -0.2) is 0 Å². The SMILES string of the molecule is NNC(c1ccc2c(c1)COC2)c1cccs1. The lowest BCUT2D eigenvalue weighted by atomic mass is 10.0. The van der Waals surface area contributed by atoms with Crippen molar-refractivity contribution in [2.45, 2.75) is 19.3 Å². The second-order valence-corrected chi connectivity index (χ2v) is 5.12. The molecule has 88 valence electrons. The molecule has 1 aromatic heterocycles. The van der Waals surface area contributed by atoms with Crippen molar-refractivity contribution >= 4 is 11.3 Å². The van der Waals surface area contributed by atoms with Gasteiger partial charge in [-0.05, 0) is 28.1 Å². The highest BCUT2D eigenvalue weighted by atomic mass is 32.1. The van der Waals surface area contributed by atoms with E-state index in [4.69, 9.17) is 10.6 Å². The Hall–Kier alpha value is -1.20. The van der Waals surface area contributed by atoms with Gasteiger partial charge in [-0.25, -0.2) is 5.43 Å². The summed E-state index contributed by atoms with van der Waals surface area (Å²) < 4.78 is 5.42. The number of nitrogens with two attached hydrogens (primary N) is 1. The smallest absolute Gasteiger partial charge is 0.0802 e. The Kier molecular flexibility index (Phi) is 2.94. The number of ether oxygens (including phenoxy) is 1. The molecule has 2 aromatic rings. The van der Waals surface area contributed by atoms with Gasteiger partial charge < -0.3 is 4.74 Å². The zero-order valence-electron chi connectivity index (χ0n) is 9.35. The third-order valence-corrected chi connectivity index (χ3v) is 4.01. The van der Waals surface area contributed by atoms with E-state index >= 15 is 0 Å². The Bertz CT molecular complexity index is 510. The first-order chi connectivity index (χ1) is 8.38. The predicted molar refractivity (Wildman–Crippen MR) is 68.4 cm³/mol. The fourth-order valence-corrected chi connectivity index (χ4v) is 2.98. The van der Waals surface area contributed by atoms with E-state index in [1.165, 1.54) is 21.6 Å². The number of nitrogens with one attached hydrogen (secondary N) is 1. The Balaban J connectivity index is 1.97. The fourth-order valence-electron chi connectivity index (χ4n) is 2.17. The van der Waals surface area contributed by atoms with Crippen molar-refractivity contribution in [1.29, 1.82) is 0 Å². The molecule has 0 bridgehead atoms. The molecule has 3 rings (SSSR count). The molecule has 0 saturated carbocycles. The highest BCUT2D eigenvalue weighted by Crippen LogP contribution is 2.29. The number of benzene rings is 1. The number of hydrogen-bond donors (Lipinski definition) is 2. The minimum absolute atomic E-state index is 0.0703. The van der Waals surface area contributed by atoms with Gasteiger partial charge in [0.25, 0.3) is 0 Å². The van der Waals surface area contributed by atoms with Gasteiger partial charge in [0.1, 0.15) is 0 Å². The molecule has 0 fully saturated rings. The molecular weight excluding hydrogens is 232 g/mol. The van der Waals surface area contributed by atoms with Crippen molar-refractivity contribution in [1.82, 2.24) is 5.43 Å². The van der Waals surface area contributed by atoms with Gasteiger partial charge in [0.05, 0.1) is 19.3 Å². The summed E-state index contributed by atoms with van der Waals surface area (Å²) >= 11 is 1.71. The fraction of sp³-hybridized carbons (Fsp3) is 0.231. The molecule has 1 unspecified atom stereocenters. The Morgan fingerprint density at radius 2 is 2.12 bits per heavy atom. The largest absolute Gasteiger partial charge is 0.372 e. The molecule has 0 aliphatic carbocycles. The van der Waals surface area contributed by atoms with E-state index in [9.17, 15) is 0 Å². The monoisotopic (exact) mass is 246 g/mol. The number of rotatable bonds is 3. The second kappa shape index (κ2) is 4.58. The second-order valence-electron chi connectivity index (χ2n) is 4.14. The quantitative estimate of drug-likeness (QED) is 0.645. The van der Waals surface area contributed by atoms with Gasteiger partial charge in [-0.15, -0.1) is 11.3 Å². The molecule has 0 amide bonds. The maximum atomic E-state index is 5.67. The molecule has 3 nitrogen and oxygen atoms in total. The van der Waals surface area contributed by atoms with Gasteiger partial charge in [0.15, 0.2) is 0 Å². The number of hydrazine groups is 1. The summed E-state index contributed by atoms with van der Waals surface area (Å²) in [4.78, 5) is 1.23. The van der Waals surface area contributed by atoms with Crippen LogP contribution < -0.4 is 11.3 Å². The standard InChI is InChI=1S/C13H14N2OS/c14-15-13(12-2-1-5-17-12)9-3-4-10-7-16-8-11(10)6-9/h1-6,13,15H,7-8,14H2. The lowest BCUT2D eigenvalue weighted by Gasteiger charge is -2.15. The first kappa shape index (κ1) is 10.9. The highest BCUT2D eigenvalue weighted by molar-refractivity contribution is 7.10. The first-order valence-electron chi connectivity index (χ1n) is 5.57. The molecule has 1 atom stereocenters. The maximum absolute atomic E-state index is 5.67. The van der Waals surface area contributed by atoms with Crippen LogP contribution in [0, 0.1) is 0 Å². The van der Waals surface area contributed by atoms with Crippen molar-refractivity contribution in [2.75, 3.05) is 0 Å². The third kappa shape index (κ3) is 2.00. The molecule has 3 N–H and O–H groups in total. The molecule has 1 aromatic carbocycles. The van der Waals surface area contributed by atoms with Crippen LogP contribution in [0.5, 0.6) is 0 Å². The van der Waals surface area contributed by atoms with Gasteiger partial charge in [0, 0.05) is 4.88 Å². The van der Waals surface area contributed by atoms with Crippen molar-refractivity contribution in [2.24, 2.45) is 5.84 Å². The summed E-state index contributed by atoms with van der Waals surface area (Å²) in [6.07, 6.45) is 0. The zero-order chi connectivity index (χ0) is 11.7. The van der Waals surface area contributed by atoms with Gasteiger partial charge in [0.2, 0.25) is 0 Å². The van der Waals surface area contributed by atoms with E-state index in [0.717, 1.165) is 6.61 Å². The first-order valence-corrected chi connectivity index (χ1v) is 6.45. The topological polar surface area (TPSA) is 47.3 Å². The van der Waals surface area contributed by atoms with E-state index in [2.05, 4.69) is 35.1 Å². The summed E-state index contributed by atoms with van der Waals surface area (Å²) in [6.45, 7) is 1.44. The Labute approximate surface area is 104 Å². The molecular formula is C13H14N2OS. The summed E-state index contributed by atoms with van der Waals surface area (Å²) in [5.74, 6) is 5.67. The summed E-state index contributed by atoms with van der Waals surface area (Å²) in [5, 5.41) is 2.07.